The fourth-order valence-corrected chi connectivity index (χ4v) is 3.17. The molecule has 0 bridgehead atoms. The van der Waals surface area contributed by atoms with E-state index < -0.39 is 0 Å². The van der Waals surface area contributed by atoms with Crippen molar-refractivity contribution in [3.8, 4) is 5.75 Å². The number of nitrogens with one attached hydrogen (secondary N) is 1. The highest BCUT2D eigenvalue weighted by atomic mass is 16.5. The molecule has 2 aromatic rings. The van der Waals surface area contributed by atoms with E-state index >= 15 is 0 Å². The Hall–Kier alpha value is -3.08. The zero-order chi connectivity index (χ0) is 16.7. The Morgan fingerprint density at radius 3 is 2.67 bits per heavy atom. The van der Waals surface area contributed by atoms with E-state index in [1.165, 1.54) is 4.90 Å². The van der Waals surface area contributed by atoms with Gasteiger partial charge in [0.05, 0.1) is 6.04 Å². The van der Waals surface area contributed by atoms with Crippen LogP contribution in [0.2, 0.25) is 0 Å². The molecule has 5 heteroatoms. The number of para-hydroxylation sites is 1. The van der Waals surface area contributed by atoms with Crippen LogP contribution in [-0.4, -0.2) is 29.9 Å². The molecule has 0 aliphatic carbocycles. The third kappa shape index (κ3) is 2.25. The lowest BCUT2D eigenvalue weighted by Gasteiger charge is -2.19. The molecule has 1 N–H and O–H groups in total. The van der Waals surface area contributed by atoms with Crippen molar-refractivity contribution in [3.05, 3.63) is 71.8 Å². The van der Waals surface area contributed by atoms with E-state index in [9.17, 15) is 9.59 Å². The minimum absolute atomic E-state index is 0.0506. The number of hydrogen-bond donors (Lipinski definition) is 1. The summed E-state index contributed by atoms with van der Waals surface area (Å²) in [6.07, 6.45) is 0. The van der Waals surface area contributed by atoms with Gasteiger partial charge in [-0.15, -0.1) is 0 Å². The molecular formula is C19H16N2O3. The topological polar surface area (TPSA) is 58.6 Å². The first-order valence-electron chi connectivity index (χ1n) is 7.76. The molecule has 0 saturated carbocycles. The Morgan fingerprint density at radius 1 is 1.17 bits per heavy atom. The SMILES string of the molecule is C=C1c2ccccc2C(=O)N1CC(=O)N[C@H]1COc2ccccc21. The van der Waals surface area contributed by atoms with Crippen LogP contribution in [0, 0.1) is 0 Å². The van der Waals surface area contributed by atoms with Gasteiger partial charge in [0.1, 0.15) is 18.9 Å². The maximum Gasteiger partial charge on any atom is 0.259 e. The van der Waals surface area contributed by atoms with Crippen molar-refractivity contribution in [2.45, 2.75) is 6.04 Å². The van der Waals surface area contributed by atoms with Gasteiger partial charge >= 0.3 is 0 Å². The number of nitrogens with zero attached hydrogens (tertiary/aromatic N) is 1. The lowest BCUT2D eigenvalue weighted by Crippen LogP contribution is -2.39. The van der Waals surface area contributed by atoms with Gasteiger partial charge in [-0.05, 0) is 12.1 Å². The summed E-state index contributed by atoms with van der Waals surface area (Å²) < 4.78 is 5.56. The van der Waals surface area contributed by atoms with Crippen molar-refractivity contribution >= 4 is 17.5 Å². The first kappa shape index (κ1) is 14.5. The normalized spacial score (nSPS) is 18.2. The number of carbonyl (C=O) groups excluding carboxylic acids is 2. The van der Waals surface area contributed by atoms with Crippen LogP contribution in [0.25, 0.3) is 5.70 Å². The molecule has 24 heavy (non-hydrogen) atoms. The lowest BCUT2D eigenvalue weighted by molar-refractivity contribution is -0.122. The maximum absolute atomic E-state index is 12.4. The number of hydrogen-bond acceptors (Lipinski definition) is 3. The average Bonchev–Trinajstić information content (AvgIpc) is 3.11. The van der Waals surface area contributed by atoms with Crippen LogP contribution in [0.3, 0.4) is 0 Å². The molecule has 0 fully saturated rings. The molecule has 2 aliphatic rings. The molecule has 120 valence electrons. The van der Waals surface area contributed by atoms with Crippen LogP contribution in [-0.2, 0) is 4.79 Å². The van der Waals surface area contributed by atoms with Crippen molar-refractivity contribution in [1.82, 2.24) is 10.2 Å². The second-order valence-corrected chi connectivity index (χ2v) is 5.85. The van der Waals surface area contributed by atoms with Crippen molar-refractivity contribution in [1.29, 1.82) is 0 Å². The molecule has 4 rings (SSSR count). The molecule has 5 nitrogen and oxygen atoms in total. The Labute approximate surface area is 139 Å². The number of amides is 2. The summed E-state index contributed by atoms with van der Waals surface area (Å²) in [5.41, 5.74) is 2.89. The van der Waals surface area contributed by atoms with Crippen LogP contribution >= 0.6 is 0 Å². The van der Waals surface area contributed by atoms with E-state index in [1.54, 1.807) is 12.1 Å². The summed E-state index contributed by atoms with van der Waals surface area (Å²) in [7, 11) is 0. The average molecular weight is 320 g/mol. The highest BCUT2D eigenvalue weighted by Gasteiger charge is 2.33. The van der Waals surface area contributed by atoms with E-state index in [0.717, 1.165) is 16.9 Å². The summed E-state index contributed by atoms with van der Waals surface area (Å²) in [5.74, 6) is 0.369. The number of ether oxygens (including phenoxy) is 1. The minimum Gasteiger partial charge on any atom is -0.491 e. The third-order valence-electron chi connectivity index (χ3n) is 4.38. The van der Waals surface area contributed by atoms with Gasteiger partial charge in [-0.1, -0.05) is 43.0 Å². The summed E-state index contributed by atoms with van der Waals surface area (Å²) >= 11 is 0. The largest absolute Gasteiger partial charge is 0.491 e. The molecule has 1 atom stereocenters. The molecular weight excluding hydrogens is 304 g/mol. The van der Waals surface area contributed by atoms with Crippen molar-refractivity contribution in [2.75, 3.05) is 13.2 Å². The monoisotopic (exact) mass is 320 g/mol. The van der Waals surface area contributed by atoms with Crippen molar-refractivity contribution < 1.29 is 14.3 Å². The highest BCUT2D eigenvalue weighted by molar-refractivity contribution is 6.10. The zero-order valence-electron chi connectivity index (χ0n) is 13.0. The third-order valence-corrected chi connectivity index (χ3v) is 4.38. The van der Waals surface area contributed by atoms with E-state index in [2.05, 4.69) is 11.9 Å². The van der Waals surface area contributed by atoms with E-state index in [-0.39, 0.29) is 24.4 Å². The van der Waals surface area contributed by atoms with Crippen LogP contribution in [0.4, 0.5) is 0 Å². The van der Waals surface area contributed by atoms with Crippen LogP contribution < -0.4 is 10.1 Å². The van der Waals surface area contributed by atoms with Gasteiger partial charge in [-0.3, -0.25) is 14.5 Å². The summed E-state index contributed by atoms with van der Waals surface area (Å²) in [6, 6.07) is 14.7. The molecule has 0 saturated heterocycles. The van der Waals surface area contributed by atoms with E-state index in [1.807, 2.05) is 36.4 Å². The Balaban J connectivity index is 1.47. The summed E-state index contributed by atoms with van der Waals surface area (Å²) in [4.78, 5) is 26.3. The Kier molecular flexibility index (Phi) is 3.34. The van der Waals surface area contributed by atoms with Gasteiger partial charge in [-0.2, -0.15) is 0 Å². The van der Waals surface area contributed by atoms with E-state index in [4.69, 9.17) is 4.74 Å². The molecule has 2 amide bonds. The highest BCUT2D eigenvalue weighted by Crippen LogP contribution is 2.33. The van der Waals surface area contributed by atoms with Crippen LogP contribution in [0.1, 0.15) is 27.5 Å². The standard InChI is InChI=1S/C19H16N2O3/c1-12-13-6-2-3-7-14(13)19(23)21(12)10-18(22)20-16-11-24-17-9-5-4-8-15(16)17/h2-9,16H,1,10-11H2,(H,20,22)/t16-/m0/s1. The maximum atomic E-state index is 12.4. The molecule has 0 spiro atoms. The zero-order valence-corrected chi connectivity index (χ0v) is 13.0. The first-order valence-corrected chi connectivity index (χ1v) is 7.76. The predicted octanol–water partition coefficient (Wildman–Crippen LogP) is 2.36. The second-order valence-electron chi connectivity index (χ2n) is 5.85. The number of carbonyl (C=O) groups is 2. The molecule has 2 aliphatic heterocycles. The summed E-state index contributed by atoms with van der Waals surface area (Å²) in [6.45, 7) is 4.30. The molecule has 2 aromatic carbocycles. The summed E-state index contributed by atoms with van der Waals surface area (Å²) in [5, 5.41) is 2.93. The molecule has 0 unspecified atom stereocenters. The van der Waals surface area contributed by atoms with Gasteiger partial charge < -0.3 is 10.1 Å². The number of rotatable bonds is 3. The van der Waals surface area contributed by atoms with Gasteiger partial charge in [0, 0.05) is 22.4 Å². The van der Waals surface area contributed by atoms with E-state index in [0.29, 0.717) is 17.9 Å². The smallest absolute Gasteiger partial charge is 0.259 e. The van der Waals surface area contributed by atoms with Gasteiger partial charge in [-0.25, -0.2) is 0 Å². The van der Waals surface area contributed by atoms with Gasteiger partial charge in [0.25, 0.3) is 5.91 Å². The van der Waals surface area contributed by atoms with Gasteiger partial charge in [0.15, 0.2) is 0 Å². The second kappa shape index (κ2) is 5.53. The fourth-order valence-electron chi connectivity index (χ4n) is 3.17. The molecule has 0 aromatic heterocycles. The lowest BCUT2D eigenvalue weighted by atomic mass is 10.1. The minimum atomic E-state index is -0.234. The molecule has 0 radical (unpaired) electrons. The number of benzene rings is 2. The van der Waals surface area contributed by atoms with Crippen molar-refractivity contribution in [2.24, 2.45) is 0 Å². The van der Waals surface area contributed by atoms with Gasteiger partial charge in [0.2, 0.25) is 5.91 Å². The first-order chi connectivity index (χ1) is 11.6. The van der Waals surface area contributed by atoms with Crippen LogP contribution in [0.5, 0.6) is 5.75 Å². The quantitative estimate of drug-likeness (QED) is 0.944. The van der Waals surface area contributed by atoms with Crippen LogP contribution in [0.15, 0.2) is 55.1 Å². The number of fused-ring (bicyclic) bond motifs is 2. The Morgan fingerprint density at radius 2 is 1.88 bits per heavy atom. The Bertz CT molecular complexity index is 824. The predicted molar refractivity (Wildman–Crippen MR) is 89.3 cm³/mol. The van der Waals surface area contributed by atoms with Crippen molar-refractivity contribution in [3.63, 3.8) is 0 Å². The molecule has 2 heterocycles. The fraction of sp³-hybridized carbons (Fsp3) is 0.158.